The molecule has 2 heterocycles. The first-order chi connectivity index (χ1) is 19.0. The summed E-state index contributed by atoms with van der Waals surface area (Å²) in [6.45, 7) is 16.2. The molecule has 1 radical (unpaired) electrons. The maximum Gasteiger partial charge on any atom is 0.0167 e. The van der Waals surface area contributed by atoms with E-state index in [4.69, 9.17) is 4.98 Å². The zero-order valence-electron chi connectivity index (χ0n) is 25.3. The van der Waals surface area contributed by atoms with Gasteiger partial charge in [0.2, 0.25) is 0 Å². The predicted octanol–water partition coefficient (Wildman–Crippen LogP) is 9.89. The largest absolute Gasteiger partial charge is 0.305 e. The topological polar surface area (TPSA) is 25.8 Å². The minimum atomic E-state index is 0. The van der Waals surface area contributed by atoms with Gasteiger partial charge >= 0.3 is 0 Å². The minimum absolute atomic E-state index is 0. The van der Waals surface area contributed by atoms with Crippen molar-refractivity contribution in [2.45, 2.75) is 77.6 Å². The minimum Gasteiger partial charge on any atom is -0.305 e. The van der Waals surface area contributed by atoms with Gasteiger partial charge in [0, 0.05) is 32.5 Å². The van der Waals surface area contributed by atoms with Gasteiger partial charge in [-0.1, -0.05) is 72.7 Å². The number of nitrogens with zero attached hydrogens (tertiary/aromatic N) is 2. The molecule has 2 nitrogen and oxygen atoms in total. The second-order valence-electron chi connectivity index (χ2n) is 13.3. The molecule has 1 aliphatic rings. The normalized spacial score (nSPS) is 15.2. The monoisotopic (exact) mass is 717 g/mol. The molecule has 0 atom stereocenters. The zero-order chi connectivity index (χ0) is 28.5. The van der Waals surface area contributed by atoms with Crippen LogP contribution < -0.4 is 0 Å². The Hall–Kier alpha value is -3.13. The Balaban J connectivity index is 0.000000249. The summed E-state index contributed by atoms with van der Waals surface area (Å²) in [4.78, 5) is 8.99. The Morgan fingerprint density at radius 1 is 0.707 bits per heavy atom. The fourth-order valence-corrected chi connectivity index (χ4v) is 5.56. The van der Waals surface area contributed by atoms with E-state index in [1.165, 1.54) is 40.3 Å². The summed E-state index contributed by atoms with van der Waals surface area (Å²) in [7, 11) is 0. The molecule has 1 aliphatic carbocycles. The fourth-order valence-electron chi connectivity index (χ4n) is 5.56. The summed E-state index contributed by atoms with van der Waals surface area (Å²) in [5.41, 5.74) is 8.97. The molecule has 0 N–H and O–H groups in total. The van der Waals surface area contributed by atoms with E-state index in [9.17, 15) is 0 Å². The maximum atomic E-state index is 4.77. The standard InChI is InChI=1S/C27H32N.C11H8N.Ir/c1-25(2,3)20-10-8-18(9-11-20)24-21-17-23-22(16-19(21)12-15-28-24)26(4,5)13-14-27(23,6)7;1-2-6-10(7-3-1)11-8-4-5-9-12-11;/h8,10-12,15-17H,13-14H2,1-7H3;1-6,8-9H;/q2*-1;. The van der Waals surface area contributed by atoms with Crippen molar-refractivity contribution in [2.24, 2.45) is 0 Å². The molecule has 0 spiro atoms. The molecule has 213 valence electrons. The van der Waals surface area contributed by atoms with Crippen molar-refractivity contribution in [1.82, 2.24) is 9.97 Å². The number of hydrogen-bond acceptors (Lipinski definition) is 2. The summed E-state index contributed by atoms with van der Waals surface area (Å²) in [5.74, 6) is 0. The van der Waals surface area contributed by atoms with E-state index in [1.807, 2.05) is 48.7 Å². The summed E-state index contributed by atoms with van der Waals surface area (Å²) < 4.78 is 0. The van der Waals surface area contributed by atoms with E-state index < -0.39 is 0 Å². The van der Waals surface area contributed by atoms with Gasteiger partial charge in [0.25, 0.3) is 0 Å². The van der Waals surface area contributed by atoms with Crippen molar-refractivity contribution >= 4 is 10.8 Å². The first-order valence-electron chi connectivity index (χ1n) is 14.3. The van der Waals surface area contributed by atoms with Crippen LogP contribution in [0.5, 0.6) is 0 Å². The Morgan fingerprint density at radius 2 is 1.41 bits per heavy atom. The molecule has 0 saturated carbocycles. The van der Waals surface area contributed by atoms with Gasteiger partial charge in [0.05, 0.1) is 0 Å². The van der Waals surface area contributed by atoms with E-state index in [-0.39, 0.29) is 36.4 Å². The number of hydrogen-bond donors (Lipinski definition) is 0. The van der Waals surface area contributed by atoms with Gasteiger partial charge in [-0.25, -0.2) is 0 Å². The number of aromatic nitrogens is 2. The van der Waals surface area contributed by atoms with Crippen LogP contribution in [-0.2, 0) is 36.4 Å². The van der Waals surface area contributed by atoms with Crippen LogP contribution in [-0.4, -0.2) is 9.97 Å². The predicted molar refractivity (Wildman–Crippen MR) is 169 cm³/mol. The summed E-state index contributed by atoms with van der Waals surface area (Å²) in [5, 5.41) is 2.52. The first kappa shape index (κ1) is 30.8. The third-order valence-corrected chi connectivity index (χ3v) is 8.32. The molecular formula is C38H40IrN2-2. The number of benzene rings is 3. The third kappa shape index (κ3) is 6.69. The van der Waals surface area contributed by atoms with Crippen molar-refractivity contribution in [2.75, 3.05) is 0 Å². The van der Waals surface area contributed by atoms with Crippen LogP contribution in [0, 0.1) is 12.1 Å². The molecule has 0 unspecified atom stereocenters. The molecule has 0 aliphatic heterocycles. The molecular weight excluding hydrogens is 677 g/mol. The van der Waals surface area contributed by atoms with Gasteiger partial charge in [-0.3, -0.25) is 0 Å². The molecule has 6 rings (SSSR count). The van der Waals surface area contributed by atoms with Crippen LogP contribution in [0.15, 0.2) is 91.3 Å². The Labute approximate surface area is 260 Å². The van der Waals surface area contributed by atoms with Gasteiger partial charge in [0.1, 0.15) is 0 Å². The van der Waals surface area contributed by atoms with Gasteiger partial charge in [0.15, 0.2) is 0 Å². The summed E-state index contributed by atoms with van der Waals surface area (Å²) >= 11 is 0. The van der Waals surface area contributed by atoms with Crippen LogP contribution in [0.2, 0.25) is 0 Å². The molecule has 3 aromatic carbocycles. The van der Waals surface area contributed by atoms with Crippen LogP contribution >= 0.6 is 0 Å². The maximum absolute atomic E-state index is 4.77. The van der Waals surface area contributed by atoms with Crippen molar-refractivity contribution < 1.29 is 20.1 Å². The second kappa shape index (κ2) is 12.0. The van der Waals surface area contributed by atoms with Crippen molar-refractivity contribution in [3.63, 3.8) is 0 Å². The smallest absolute Gasteiger partial charge is 0.0167 e. The molecule has 0 amide bonds. The van der Waals surface area contributed by atoms with Crippen LogP contribution in [0.25, 0.3) is 33.3 Å². The van der Waals surface area contributed by atoms with Gasteiger partial charge in [-0.15, -0.1) is 71.3 Å². The second-order valence-corrected chi connectivity index (χ2v) is 13.3. The van der Waals surface area contributed by atoms with E-state index in [1.54, 1.807) is 6.20 Å². The van der Waals surface area contributed by atoms with Crippen molar-refractivity contribution in [1.29, 1.82) is 0 Å². The van der Waals surface area contributed by atoms with Gasteiger partial charge < -0.3 is 9.97 Å². The average molecular weight is 717 g/mol. The number of pyridine rings is 2. The Kier molecular flexibility index (Phi) is 9.02. The molecule has 0 saturated heterocycles. The molecule has 41 heavy (non-hydrogen) atoms. The summed E-state index contributed by atoms with van der Waals surface area (Å²) in [6.07, 6.45) is 6.19. The molecule has 3 heteroatoms. The van der Waals surface area contributed by atoms with Crippen LogP contribution in [0.4, 0.5) is 0 Å². The van der Waals surface area contributed by atoms with Crippen molar-refractivity contribution in [3.8, 4) is 22.5 Å². The molecule has 0 bridgehead atoms. The van der Waals surface area contributed by atoms with E-state index in [0.717, 1.165) is 22.5 Å². The molecule has 0 fully saturated rings. The first-order valence-corrected chi connectivity index (χ1v) is 14.3. The zero-order valence-corrected chi connectivity index (χ0v) is 27.7. The fraction of sp³-hybridized carbons (Fsp3) is 0.316. The average Bonchev–Trinajstić information content (AvgIpc) is 2.95. The third-order valence-electron chi connectivity index (χ3n) is 8.32. The van der Waals surface area contributed by atoms with E-state index in [2.05, 4.69) is 102 Å². The Morgan fingerprint density at radius 3 is 2.00 bits per heavy atom. The summed E-state index contributed by atoms with van der Waals surface area (Å²) in [6, 6.07) is 33.8. The van der Waals surface area contributed by atoms with Crippen molar-refractivity contribution in [3.05, 3.63) is 120 Å². The van der Waals surface area contributed by atoms with Crippen LogP contribution in [0.3, 0.4) is 0 Å². The van der Waals surface area contributed by atoms with E-state index >= 15 is 0 Å². The van der Waals surface area contributed by atoms with Crippen LogP contribution in [0.1, 0.15) is 78.0 Å². The Bertz CT molecular complexity index is 1560. The number of fused-ring (bicyclic) bond motifs is 2. The van der Waals surface area contributed by atoms with Gasteiger partial charge in [-0.05, 0) is 74.5 Å². The molecule has 5 aromatic rings. The van der Waals surface area contributed by atoms with Gasteiger partial charge in [-0.2, -0.15) is 0 Å². The molecule has 2 aromatic heterocycles. The number of rotatable bonds is 2. The quantitative estimate of drug-likeness (QED) is 0.170. The SMILES string of the molecule is CC(C)(C)c1c[c-]c(-c2nccc3cc4c(cc23)C(C)(C)CCC4(C)C)cc1.[Ir].[c-]1ccccc1-c1ccccn1. The van der Waals surface area contributed by atoms with E-state index in [0.29, 0.717) is 0 Å².